The van der Waals surface area contributed by atoms with Crippen LogP contribution < -0.4 is 5.32 Å². The van der Waals surface area contributed by atoms with Gasteiger partial charge in [0.25, 0.3) is 5.91 Å². The van der Waals surface area contributed by atoms with Crippen LogP contribution in [0.3, 0.4) is 0 Å². The molecule has 12 nitrogen and oxygen atoms in total. The lowest BCUT2D eigenvalue weighted by atomic mass is 9.97. The molecule has 0 saturated carbocycles. The van der Waals surface area contributed by atoms with Gasteiger partial charge in [0, 0.05) is 44.8 Å². The van der Waals surface area contributed by atoms with E-state index in [1.165, 1.54) is 17.4 Å². The van der Waals surface area contributed by atoms with Crippen molar-refractivity contribution in [3.63, 3.8) is 0 Å². The SMILES string of the molecule is O=C(NCc1cncc2c1CCN(Cc1ccccn1)C2)c1ccco1.O=C(O)C(F)(F)F.O=C(O)C(F)(F)F.O=C(O)C(F)(F)F. The van der Waals surface area contributed by atoms with Crippen LogP contribution in [0.1, 0.15) is 32.9 Å². The highest BCUT2D eigenvalue weighted by Crippen LogP contribution is 2.23. The van der Waals surface area contributed by atoms with E-state index in [2.05, 4.69) is 20.2 Å². The molecule has 4 heterocycles. The van der Waals surface area contributed by atoms with Gasteiger partial charge in [-0.15, -0.1) is 0 Å². The first kappa shape index (κ1) is 39.8. The number of hydrogen-bond donors (Lipinski definition) is 4. The van der Waals surface area contributed by atoms with E-state index in [0.29, 0.717) is 12.3 Å². The number of hydrogen-bond acceptors (Lipinski definition) is 8. The van der Waals surface area contributed by atoms with Gasteiger partial charge in [-0.25, -0.2) is 14.4 Å². The smallest absolute Gasteiger partial charge is 0.475 e. The molecule has 47 heavy (non-hydrogen) atoms. The topological polar surface area (TPSA) is 183 Å². The summed E-state index contributed by atoms with van der Waals surface area (Å²) in [5.74, 6) is -8.16. The van der Waals surface area contributed by atoms with E-state index in [4.69, 9.17) is 34.1 Å². The van der Waals surface area contributed by atoms with Gasteiger partial charge in [-0.3, -0.25) is 19.7 Å². The summed E-state index contributed by atoms with van der Waals surface area (Å²) in [5.41, 5.74) is 4.65. The molecule has 0 aliphatic carbocycles. The normalized spacial score (nSPS) is 12.8. The molecular weight excluding hydrogens is 667 g/mol. The largest absolute Gasteiger partial charge is 0.490 e. The maximum Gasteiger partial charge on any atom is 0.490 e. The van der Waals surface area contributed by atoms with E-state index < -0.39 is 36.4 Å². The second kappa shape index (κ2) is 17.5. The Hall–Kier alpha value is -5.21. The van der Waals surface area contributed by atoms with Gasteiger partial charge in [-0.2, -0.15) is 39.5 Å². The number of pyridine rings is 2. The van der Waals surface area contributed by atoms with Crippen LogP contribution in [0.25, 0.3) is 0 Å². The summed E-state index contributed by atoms with van der Waals surface area (Å²) in [7, 11) is 0. The first-order valence-electron chi connectivity index (χ1n) is 12.4. The molecule has 4 N–H and O–H groups in total. The van der Waals surface area contributed by atoms with Crippen molar-refractivity contribution in [3.8, 4) is 0 Å². The van der Waals surface area contributed by atoms with E-state index >= 15 is 0 Å². The van der Waals surface area contributed by atoms with Crippen LogP contribution in [0, 0.1) is 0 Å². The third kappa shape index (κ3) is 15.1. The predicted molar refractivity (Wildman–Crippen MR) is 137 cm³/mol. The number of carbonyl (C=O) groups excluding carboxylic acids is 1. The van der Waals surface area contributed by atoms with Crippen molar-refractivity contribution in [1.82, 2.24) is 20.2 Å². The lowest BCUT2D eigenvalue weighted by Crippen LogP contribution is -2.32. The van der Waals surface area contributed by atoms with Gasteiger partial charge in [0.1, 0.15) is 0 Å². The molecule has 21 heteroatoms. The van der Waals surface area contributed by atoms with Crippen LogP contribution in [0.2, 0.25) is 0 Å². The van der Waals surface area contributed by atoms with E-state index in [1.807, 2.05) is 36.8 Å². The van der Waals surface area contributed by atoms with E-state index in [9.17, 15) is 44.3 Å². The number of fused-ring (bicyclic) bond motifs is 1. The lowest BCUT2D eigenvalue weighted by molar-refractivity contribution is -0.193. The van der Waals surface area contributed by atoms with Crippen molar-refractivity contribution in [2.75, 3.05) is 6.54 Å². The van der Waals surface area contributed by atoms with Crippen molar-refractivity contribution in [1.29, 1.82) is 0 Å². The average Bonchev–Trinajstić information content (AvgIpc) is 3.51. The summed E-state index contributed by atoms with van der Waals surface area (Å²) in [4.78, 5) is 49.9. The van der Waals surface area contributed by atoms with E-state index in [-0.39, 0.29) is 5.91 Å². The maximum absolute atomic E-state index is 12.1. The highest BCUT2D eigenvalue weighted by molar-refractivity contribution is 5.91. The molecule has 0 fully saturated rings. The summed E-state index contributed by atoms with van der Waals surface area (Å²) in [5, 5.41) is 24.3. The summed E-state index contributed by atoms with van der Waals surface area (Å²) in [6, 6.07) is 9.36. The quantitative estimate of drug-likeness (QED) is 0.278. The zero-order chi connectivity index (χ0) is 36.0. The Labute approximate surface area is 257 Å². The molecule has 1 amide bonds. The Kier molecular flexibility index (Phi) is 14.8. The van der Waals surface area contributed by atoms with Crippen LogP contribution in [0.4, 0.5) is 39.5 Å². The number of aliphatic carboxylic acids is 3. The van der Waals surface area contributed by atoms with Crippen LogP contribution in [0.5, 0.6) is 0 Å². The molecule has 3 aromatic rings. The van der Waals surface area contributed by atoms with Crippen molar-refractivity contribution in [2.45, 2.75) is 44.6 Å². The minimum atomic E-state index is -5.08. The number of nitrogens with zero attached hydrogens (tertiary/aromatic N) is 3. The number of carboxylic acid groups (broad SMARTS) is 3. The van der Waals surface area contributed by atoms with Gasteiger partial charge in [-0.05, 0) is 47.4 Å². The number of aromatic nitrogens is 2. The number of rotatable bonds is 5. The molecule has 0 saturated heterocycles. The zero-order valence-corrected chi connectivity index (χ0v) is 23.4. The maximum atomic E-state index is 12.1. The molecule has 258 valence electrons. The molecular formula is C26H23F9N4O8. The predicted octanol–water partition coefficient (Wildman–Crippen LogP) is 4.46. The van der Waals surface area contributed by atoms with Gasteiger partial charge in [0.05, 0.1) is 12.0 Å². The van der Waals surface area contributed by atoms with Gasteiger partial charge >= 0.3 is 36.4 Å². The molecule has 3 aromatic heterocycles. The van der Waals surface area contributed by atoms with Crippen molar-refractivity contribution in [3.05, 3.63) is 83.3 Å². The molecule has 0 unspecified atom stereocenters. The molecule has 1 aliphatic rings. The number of carbonyl (C=O) groups is 4. The fourth-order valence-corrected chi connectivity index (χ4v) is 3.30. The van der Waals surface area contributed by atoms with Crippen LogP contribution in [-0.4, -0.2) is 79.1 Å². The van der Waals surface area contributed by atoms with Gasteiger partial charge < -0.3 is 25.1 Å². The Morgan fingerprint density at radius 2 is 1.38 bits per heavy atom. The third-order valence-corrected chi connectivity index (χ3v) is 5.33. The monoisotopic (exact) mass is 690 g/mol. The number of carboxylic acids is 3. The van der Waals surface area contributed by atoms with E-state index in [1.54, 1.807) is 12.1 Å². The number of nitrogens with one attached hydrogen (secondary N) is 1. The Morgan fingerprint density at radius 3 is 1.83 bits per heavy atom. The minimum absolute atomic E-state index is 0.208. The average molecular weight is 690 g/mol. The molecule has 0 bridgehead atoms. The third-order valence-electron chi connectivity index (χ3n) is 5.33. The number of amides is 1. The highest BCUT2D eigenvalue weighted by Gasteiger charge is 2.39. The summed E-state index contributed by atoms with van der Waals surface area (Å²) in [6.07, 6.45) is -7.21. The van der Waals surface area contributed by atoms with Crippen LogP contribution in [0.15, 0.2) is 59.6 Å². The number of halogens is 9. The fourth-order valence-electron chi connectivity index (χ4n) is 3.30. The van der Waals surface area contributed by atoms with Crippen molar-refractivity contribution in [2.24, 2.45) is 0 Å². The first-order chi connectivity index (χ1) is 21.6. The summed E-state index contributed by atoms with van der Waals surface area (Å²) in [6.45, 7) is 3.10. The van der Waals surface area contributed by atoms with Gasteiger partial charge in [0.15, 0.2) is 5.76 Å². The Bertz CT molecular complexity index is 1410. The lowest BCUT2D eigenvalue weighted by Gasteiger charge is -2.29. The number of alkyl halides is 9. The number of furan rings is 1. The second-order valence-electron chi connectivity index (χ2n) is 8.79. The molecule has 4 rings (SSSR count). The minimum Gasteiger partial charge on any atom is -0.475 e. The first-order valence-corrected chi connectivity index (χ1v) is 12.4. The van der Waals surface area contributed by atoms with Crippen LogP contribution in [-0.2, 0) is 40.4 Å². The van der Waals surface area contributed by atoms with Gasteiger partial charge in [-0.1, -0.05) is 6.07 Å². The molecule has 0 atom stereocenters. The zero-order valence-electron chi connectivity index (χ0n) is 23.4. The Morgan fingerprint density at radius 1 is 0.830 bits per heavy atom. The highest BCUT2D eigenvalue weighted by atomic mass is 19.4. The molecule has 0 spiro atoms. The molecule has 0 radical (unpaired) electrons. The van der Waals surface area contributed by atoms with Crippen molar-refractivity contribution < 1.29 is 78.4 Å². The standard InChI is InChI=1S/C20H20N4O2.3C2HF3O2/c25-20(19-5-3-9-26-19)23-12-15-10-21-11-16-13-24(8-6-18(15)16)14-17-4-1-2-7-22-17;3*3-2(4,5)1(6)7/h1-5,7,9-11H,6,8,12-14H2,(H,23,25);3*(H,6,7). The van der Waals surface area contributed by atoms with Crippen LogP contribution >= 0.6 is 0 Å². The molecule has 1 aliphatic heterocycles. The second-order valence-corrected chi connectivity index (χ2v) is 8.79. The van der Waals surface area contributed by atoms with Gasteiger partial charge in [0.2, 0.25) is 0 Å². The Balaban J connectivity index is 0.000000430. The summed E-state index contributed by atoms with van der Waals surface area (Å²) >= 11 is 0. The molecule has 0 aromatic carbocycles. The fraction of sp³-hybridized carbons (Fsp3) is 0.308. The summed E-state index contributed by atoms with van der Waals surface area (Å²) < 4.78 is 100. The van der Waals surface area contributed by atoms with Crippen molar-refractivity contribution >= 4 is 23.8 Å². The van der Waals surface area contributed by atoms with E-state index in [0.717, 1.165) is 37.3 Å².